The number of carbonyl (C=O) groups excluding carboxylic acids is 1. The molecule has 0 saturated carbocycles. The van der Waals surface area contributed by atoms with Crippen LogP contribution in [0.25, 0.3) is 5.69 Å². The molecule has 2 aromatic carbocycles. The second-order valence-corrected chi connectivity index (χ2v) is 8.06. The van der Waals surface area contributed by atoms with Gasteiger partial charge in [0, 0.05) is 13.6 Å². The van der Waals surface area contributed by atoms with E-state index in [-0.39, 0.29) is 11.7 Å². The molecule has 1 unspecified atom stereocenters. The standard InChI is InChI=1S/C20H22FN5OS/c1-13-8-9-14(2)18(10-13)26-20(22-23-24-26)28-15(3)19(27)25(4)12-16-6-5-7-17(21)11-16/h5-11,15H,12H2,1-4H3. The second-order valence-electron chi connectivity index (χ2n) is 6.75. The van der Waals surface area contributed by atoms with E-state index in [0.717, 1.165) is 22.4 Å². The van der Waals surface area contributed by atoms with E-state index in [4.69, 9.17) is 0 Å². The van der Waals surface area contributed by atoms with Crippen LogP contribution in [0.15, 0.2) is 47.6 Å². The number of hydrogen-bond donors (Lipinski definition) is 0. The molecule has 0 N–H and O–H groups in total. The molecular formula is C20H22FN5OS. The van der Waals surface area contributed by atoms with Gasteiger partial charge in [-0.1, -0.05) is 36.0 Å². The zero-order chi connectivity index (χ0) is 20.3. The number of rotatable bonds is 6. The zero-order valence-electron chi connectivity index (χ0n) is 16.3. The van der Waals surface area contributed by atoms with Gasteiger partial charge in [-0.3, -0.25) is 4.79 Å². The van der Waals surface area contributed by atoms with Crippen LogP contribution in [0, 0.1) is 19.7 Å². The van der Waals surface area contributed by atoms with Crippen LogP contribution in [0.3, 0.4) is 0 Å². The van der Waals surface area contributed by atoms with Crippen LogP contribution in [0.4, 0.5) is 4.39 Å². The van der Waals surface area contributed by atoms with Gasteiger partial charge in [0.05, 0.1) is 10.9 Å². The molecule has 0 spiro atoms. The summed E-state index contributed by atoms with van der Waals surface area (Å²) in [6, 6.07) is 12.3. The molecule has 28 heavy (non-hydrogen) atoms. The van der Waals surface area contributed by atoms with E-state index in [9.17, 15) is 9.18 Å². The highest BCUT2D eigenvalue weighted by molar-refractivity contribution is 8.00. The molecule has 1 atom stereocenters. The van der Waals surface area contributed by atoms with Gasteiger partial charge in [-0.25, -0.2) is 4.39 Å². The Kier molecular flexibility index (Phi) is 6.08. The van der Waals surface area contributed by atoms with Crippen molar-refractivity contribution in [2.24, 2.45) is 0 Å². The van der Waals surface area contributed by atoms with E-state index in [2.05, 4.69) is 15.5 Å². The number of benzene rings is 2. The molecule has 0 aliphatic heterocycles. The minimum atomic E-state index is -0.395. The van der Waals surface area contributed by atoms with Crippen molar-refractivity contribution in [3.05, 3.63) is 65.0 Å². The maximum Gasteiger partial charge on any atom is 0.235 e. The van der Waals surface area contributed by atoms with Crippen molar-refractivity contribution in [2.45, 2.75) is 37.7 Å². The normalized spacial score (nSPS) is 12.0. The third-order valence-electron chi connectivity index (χ3n) is 4.35. The Morgan fingerprint density at radius 3 is 2.79 bits per heavy atom. The monoisotopic (exact) mass is 399 g/mol. The summed E-state index contributed by atoms with van der Waals surface area (Å²) in [6.45, 7) is 6.15. The highest BCUT2D eigenvalue weighted by atomic mass is 32.2. The molecular weight excluding hydrogens is 377 g/mol. The average Bonchev–Trinajstić information content (AvgIpc) is 3.10. The lowest BCUT2D eigenvalue weighted by Crippen LogP contribution is -2.33. The summed E-state index contributed by atoms with van der Waals surface area (Å²) in [5, 5.41) is 12.1. The van der Waals surface area contributed by atoms with E-state index >= 15 is 0 Å². The molecule has 146 valence electrons. The van der Waals surface area contributed by atoms with Gasteiger partial charge >= 0.3 is 0 Å². The Morgan fingerprint density at radius 1 is 1.25 bits per heavy atom. The number of aryl methyl sites for hydroxylation is 2. The first-order chi connectivity index (χ1) is 13.3. The van der Waals surface area contributed by atoms with Crippen molar-refractivity contribution in [3.63, 3.8) is 0 Å². The Hall–Kier alpha value is -2.74. The van der Waals surface area contributed by atoms with E-state index < -0.39 is 5.25 Å². The minimum absolute atomic E-state index is 0.0789. The lowest BCUT2D eigenvalue weighted by atomic mass is 10.1. The molecule has 0 bridgehead atoms. The summed E-state index contributed by atoms with van der Waals surface area (Å²) in [7, 11) is 1.71. The van der Waals surface area contributed by atoms with E-state index in [0.29, 0.717) is 11.7 Å². The van der Waals surface area contributed by atoms with Gasteiger partial charge in [-0.05, 0) is 66.1 Å². The van der Waals surface area contributed by atoms with Crippen molar-refractivity contribution in [3.8, 4) is 5.69 Å². The number of thioether (sulfide) groups is 1. The Labute approximate surface area is 167 Å². The number of tetrazole rings is 1. The maximum atomic E-state index is 13.4. The topological polar surface area (TPSA) is 63.9 Å². The molecule has 6 nitrogen and oxygen atoms in total. The highest BCUT2D eigenvalue weighted by Crippen LogP contribution is 2.26. The highest BCUT2D eigenvalue weighted by Gasteiger charge is 2.22. The van der Waals surface area contributed by atoms with Gasteiger partial charge in [0.15, 0.2) is 0 Å². The first-order valence-corrected chi connectivity index (χ1v) is 9.75. The van der Waals surface area contributed by atoms with Crippen LogP contribution >= 0.6 is 11.8 Å². The van der Waals surface area contributed by atoms with Crippen molar-refractivity contribution >= 4 is 17.7 Å². The summed E-state index contributed by atoms with van der Waals surface area (Å²) >= 11 is 1.30. The number of aromatic nitrogens is 4. The first kappa shape index (κ1) is 20.0. The largest absolute Gasteiger partial charge is 0.340 e. The third kappa shape index (κ3) is 4.56. The summed E-state index contributed by atoms with van der Waals surface area (Å²) in [6.07, 6.45) is 0. The predicted octanol–water partition coefficient (Wildman–Crippen LogP) is 3.56. The average molecular weight is 399 g/mol. The summed E-state index contributed by atoms with van der Waals surface area (Å²) in [4.78, 5) is 14.3. The van der Waals surface area contributed by atoms with Crippen LogP contribution < -0.4 is 0 Å². The molecule has 1 heterocycles. The zero-order valence-corrected chi connectivity index (χ0v) is 17.1. The smallest absolute Gasteiger partial charge is 0.235 e. The van der Waals surface area contributed by atoms with Gasteiger partial charge in [0.1, 0.15) is 5.82 Å². The molecule has 8 heteroatoms. The number of amides is 1. The van der Waals surface area contributed by atoms with Gasteiger partial charge in [0.2, 0.25) is 11.1 Å². The molecule has 0 aliphatic carbocycles. The minimum Gasteiger partial charge on any atom is -0.340 e. The van der Waals surface area contributed by atoms with Gasteiger partial charge < -0.3 is 4.90 Å². The van der Waals surface area contributed by atoms with Crippen LogP contribution in [0.1, 0.15) is 23.6 Å². The third-order valence-corrected chi connectivity index (χ3v) is 5.37. The molecule has 1 aromatic heterocycles. The fourth-order valence-corrected chi connectivity index (χ4v) is 3.77. The van der Waals surface area contributed by atoms with Gasteiger partial charge in [-0.15, -0.1) is 5.10 Å². The molecule has 0 fully saturated rings. The van der Waals surface area contributed by atoms with Crippen LogP contribution in [-0.2, 0) is 11.3 Å². The Morgan fingerprint density at radius 2 is 2.04 bits per heavy atom. The van der Waals surface area contributed by atoms with Gasteiger partial charge in [0.25, 0.3) is 0 Å². The number of nitrogens with zero attached hydrogens (tertiary/aromatic N) is 5. The van der Waals surface area contributed by atoms with Crippen molar-refractivity contribution in [1.82, 2.24) is 25.1 Å². The molecule has 1 amide bonds. The lowest BCUT2D eigenvalue weighted by Gasteiger charge is -2.21. The maximum absolute atomic E-state index is 13.4. The molecule has 3 rings (SSSR count). The number of hydrogen-bond acceptors (Lipinski definition) is 5. The molecule has 0 aliphatic rings. The van der Waals surface area contributed by atoms with Crippen molar-refractivity contribution in [2.75, 3.05) is 7.05 Å². The number of carbonyl (C=O) groups is 1. The summed E-state index contributed by atoms with van der Waals surface area (Å²) < 4.78 is 15.0. The number of halogens is 1. The first-order valence-electron chi connectivity index (χ1n) is 8.87. The summed E-state index contributed by atoms with van der Waals surface area (Å²) in [5.41, 5.74) is 3.78. The SMILES string of the molecule is Cc1ccc(C)c(-n2nnnc2SC(C)C(=O)N(C)Cc2cccc(F)c2)c1. The Bertz CT molecular complexity index is 990. The van der Waals surface area contributed by atoms with Crippen LogP contribution in [0.2, 0.25) is 0 Å². The fourth-order valence-electron chi connectivity index (χ4n) is 2.86. The molecule has 0 radical (unpaired) electrons. The Balaban J connectivity index is 1.73. The van der Waals surface area contributed by atoms with Gasteiger partial charge in [-0.2, -0.15) is 4.68 Å². The second kappa shape index (κ2) is 8.52. The van der Waals surface area contributed by atoms with Crippen LogP contribution in [-0.4, -0.2) is 43.3 Å². The summed E-state index contributed by atoms with van der Waals surface area (Å²) in [5.74, 6) is -0.391. The predicted molar refractivity (Wildman–Crippen MR) is 107 cm³/mol. The van der Waals surface area contributed by atoms with Crippen LogP contribution in [0.5, 0.6) is 0 Å². The van der Waals surface area contributed by atoms with E-state index in [1.54, 1.807) is 28.8 Å². The lowest BCUT2D eigenvalue weighted by molar-refractivity contribution is -0.129. The van der Waals surface area contributed by atoms with Crippen molar-refractivity contribution < 1.29 is 9.18 Å². The van der Waals surface area contributed by atoms with Crippen molar-refractivity contribution in [1.29, 1.82) is 0 Å². The van der Waals surface area contributed by atoms with E-state index in [1.807, 2.05) is 39.0 Å². The molecule has 0 saturated heterocycles. The molecule has 3 aromatic rings. The quantitative estimate of drug-likeness (QED) is 0.593. The van der Waals surface area contributed by atoms with E-state index in [1.165, 1.54) is 23.9 Å². The fraction of sp³-hybridized carbons (Fsp3) is 0.300.